The maximum atomic E-state index is 9.98. The van der Waals surface area contributed by atoms with Gasteiger partial charge in [-0.1, -0.05) is 6.92 Å². The van der Waals surface area contributed by atoms with Crippen molar-refractivity contribution in [3.63, 3.8) is 0 Å². The number of unbranched alkanes of at least 4 members (excludes halogenated alkanes) is 2. The summed E-state index contributed by atoms with van der Waals surface area (Å²) in [5.41, 5.74) is 0. The molecule has 2 rings (SSSR count). The molecule has 0 amide bonds. The molecule has 0 aromatic rings. The number of rotatable bonds is 28. The Hall–Kier alpha value is -0.360. The molecular weight excluding hydrogens is 502 g/mol. The van der Waals surface area contributed by atoms with Crippen LogP contribution in [0.25, 0.3) is 0 Å². The summed E-state index contributed by atoms with van der Waals surface area (Å²) < 4.78 is 17.2. The van der Waals surface area contributed by atoms with E-state index in [1.807, 2.05) is 0 Å². The van der Waals surface area contributed by atoms with Crippen LogP contribution in [-0.4, -0.2) is 121 Å². The van der Waals surface area contributed by atoms with E-state index in [9.17, 15) is 15.3 Å². The highest BCUT2D eigenvalue weighted by atomic mass is 16.5. The van der Waals surface area contributed by atoms with E-state index in [1.165, 1.54) is 19.3 Å². The number of nitrogens with zero attached hydrogens (tertiary/aromatic N) is 1. The van der Waals surface area contributed by atoms with Gasteiger partial charge in [0, 0.05) is 46.1 Å². The van der Waals surface area contributed by atoms with Crippen LogP contribution in [0.5, 0.6) is 0 Å². The molecule has 0 heterocycles. The molecule has 0 spiro atoms. The largest absolute Gasteiger partial charge is 0.396 e. The van der Waals surface area contributed by atoms with Crippen molar-refractivity contribution in [3.05, 3.63) is 0 Å². The summed E-state index contributed by atoms with van der Waals surface area (Å²) in [5, 5.41) is 47.6. The SMILES string of the molecule is CC1CC1CCOCCCCCOCCOCCC1CC1CCN(CCC(O)CCO)CCC(O)[C@@H](O)CO. The highest BCUT2D eigenvalue weighted by Gasteiger charge is 2.36. The maximum Gasteiger partial charge on any atom is 0.103 e. The summed E-state index contributed by atoms with van der Waals surface area (Å²) in [6.07, 6.45) is 7.99. The first-order chi connectivity index (χ1) is 18.9. The van der Waals surface area contributed by atoms with E-state index >= 15 is 0 Å². The standard InChI is InChI=1S/C30H59NO8/c1-24-21-25(24)9-17-37-15-3-2-4-16-38-19-20-39-18-10-27-22-26(27)5-11-31(12-6-28(34)8-14-32)13-7-29(35)30(36)23-33/h24-30,32-36H,2-23H2,1H3/t24?,25?,26?,27?,28?,29?,30-/m0/s1. The highest BCUT2D eigenvalue weighted by Crippen LogP contribution is 2.43. The van der Waals surface area contributed by atoms with E-state index in [-0.39, 0.29) is 6.61 Å². The first kappa shape index (κ1) is 34.8. The smallest absolute Gasteiger partial charge is 0.103 e. The monoisotopic (exact) mass is 561 g/mol. The summed E-state index contributed by atoms with van der Waals surface area (Å²) in [6, 6.07) is 0. The Bertz CT molecular complexity index is 585. The van der Waals surface area contributed by atoms with E-state index < -0.39 is 24.9 Å². The maximum absolute atomic E-state index is 9.98. The van der Waals surface area contributed by atoms with Crippen LogP contribution in [0.1, 0.15) is 77.6 Å². The van der Waals surface area contributed by atoms with Crippen LogP contribution in [0.3, 0.4) is 0 Å². The van der Waals surface area contributed by atoms with Crippen LogP contribution in [0, 0.1) is 23.7 Å². The van der Waals surface area contributed by atoms with Crippen molar-refractivity contribution in [1.29, 1.82) is 0 Å². The summed E-state index contributed by atoms with van der Waals surface area (Å²) in [6.45, 7) is 8.62. The van der Waals surface area contributed by atoms with E-state index in [4.69, 9.17) is 24.4 Å². The third-order valence-corrected chi connectivity index (χ3v) is 8.49. The van der Waals surface area contributed by atoms with Crippen LogP contribution in [0.4, 0.5) is 0 Å². The second-order valence-electron chi connectivity index (χ2n) is 11.9. The summed E-state index contributed by atoms with van der Waals surface area (Å²) in [5.74, 6) is 3.23. The van der Waals surface area contributed by atoms with Crippen molar-refractivity contribution >= 4 is 0 Å². The van der Waals surface area contributed by atoms with Gasteiger partial charge in [0.25, 0.3) is 0 Å². The molecule has 232 valence electrons. The summed E-state index contributed by atoms with van der Waals surface area (Å²) in [7, 11) is 0. The van der Waals surface area contributed by atoms with Crippen LogP contribution in [0.2, 0.25) is 0 Å². The molecule has 6 unspecified atom stereocenters. The fourth-order valence-electron chi connectivity index (χ4n) is 5.23. The van der Waals surface area contributed by atoms with E-state index in [0.29, 0.717) is 57.4 Å². The zero-order valence-corrected chi connectivity index (χ0v) is 24.5. The van der Waals surface area contributed by atoms with Gasteiger partial charge in [0.2, 0.25) is 0 Å². The molecule has 9 heteroatoms. The third kappa shape index (κ3) is 17.3. The van der Waals surface area contributed by atoms with E-state index in [1.54, 1.807) is 0 Å². The number of aliphatic hydroxyl groups excluding tert-OH is 5. The van der Waals surface area contributed by atoms with E-state index in [0.717, 1.165) is 76.9 Å². The Morgan fingerprint density at radius 2 is 1.23 bits per heavy atom. The van der Waals surface area contributed by atoms with Gasteiger partial charge in [0.15, 0.2) is 0 Å². The van der Waals surface area contributed by atoms with Gasteiger partial charge in [0.1, 0.15) is 6.10 Å². The Balaban J connectivity index is 1.41. The molecule has 39 heavy (non-hydrogen) atoms. The van der Waals surface area contributed by atoms with Gasteiger partial charge < -0.3 is 44.6 Å². The van der Waals surface area contributed by atoms with Crippen LogP contribution < -0.4 is 0 Å². The summed E-state index contributed by atoms with van der Waals surface area (Å²) in [4.78, 5) is 2.21. The van der Waals surface area contributed by atoms with Crippen molar-refractivity contribution in [2.75, 3.05) is 72.5 Å². The lowest BCUT2D eigenvalue weighted by molar-refractivity contribution is -0.0219. The van der Waals surface area contributed by atoms with Crippen LogP contribution in [-0.2, 0) is 14.2 Å². The van der Waals surface area contributed by atoms with Gasteiger partial charge in [0.05, 0.1) is 32.0 Å². The molecule has 2 aliphatic carbocycles. The van der Waals surface area contributed by atoms with Crippen LogP contribution in [0.15, 0.2) is 0 Å². The molecule has 0 saturated heterocycles. The minimum atomic E-state index is -1.12. The molecule has 2 aliphatic rings. The van der Waals surface area contributed by atoms with Gasteiger partial charge in [-0.25, -0.2) is 0 Å². The zero-order valence-electron chi connectivity index (χ0n) is 24.5. The Kier molecular flexibility index (Phi) is 19.1. The normalized spacial score (nSPS) is 24.7. The van der Waals surface area contributed by atoms with Gasteiger partial charge >= 0.3 is 0 Å². The first-order valence-electron chi connectivity index (χ1n) is 15.7. The Morgan fingerprint density at radius 3 is 1.87 bits per heavy atom. The summed E-state index contributed by atoms with van der Waals surface area (Å²) >= 11 is 0. The first-order valence-corrected chi connectivity index (χ1v) is 15.7. The number of hydrogen-bond donors (Lipinski definition) is 5. The van der Waals surface area contributed by atoms with Crippen molar-refractivity contribution < 1.29 is 39.7 Å². The average Bonchev–Trinajstić information content (AvgIpc) is 3.85. The average molecular weight is 562 g/mol. The molecular formula is C30H59NO8. The molecule has 2 fully saturated rings. The van der Waals surface area contributed by atoms with E-state index in [2.05, 4.69) is 11.8 Å². The molecule has 0 radical (unpaired) electrons. The minimum absolute atomic E-state index is 0.0316. The minimum Gasteiger partial charge on any atom is -0.396 e. The number of aliphatic hydroxyl groups is 5. The molecule has 5 N–H and O–H groups in total. The van der Waals surface area contributed by atoms with Crippen molar-refractivity contribution in [1.82, 2.24) is 4.90 Å². The Labute approximate surface area is 236 Å². The molecule has 9 nitrogen and oxygen atoms in total. The van der Waals surface area contributed by atoms with Crippen molar-refractivity contribution in [2.45, 2.75) is 95.9 Å². The predicted octanol–water partition coefficient (Wildman–Crippen LogP) is 2.21. The zero-order chi connectivity index (χ0) is 28.3. The molecule has 0 bridgehead atoms. The fourth-order valence-corrected chi connectivity index (χ4v) is 5.23. The molecule has 0 aromatic carbocycles. The van der Waals surface area contributed by atoms with Gasteiger partial charge in [-0.15, -0.1) is 0 Å². The van der Waals surface area contributed by atoms with Gasteiger partial charge in [-0.05, 0) is 101 Å². The second-order valence-corrected chi connectivity index (χ2v) is 11.9. The van der Waals surface area contributed by atoms with Crippen molar-refractivity contribution in [3.8, 4) is 0 Å². The highest BCUT2D eigenvalue weighted by molar-refractivity contribution is 4.87. The molecule has 0 aromatic heterocycles. The Morgan fingerprint density at radius 1 is 0.641 bits per heavy atom. The van der Waals surface area contributed by atoms with Gasteiger partial charge in [-0.3, -0.25) is 0 Å². The quantitative estimate of drug-likeness (QED) is 0.0912. The van der Waals surface area contributed by atoms with Crippen molar-refractivity contribution in [2.24, 2.45) is 23.7 Å². The molecule has 7 atom stereocenters. The number of hydrogen-bond acceptors (Lipinski definition) is 9. The third-order valence-electron chi connectivity index (χ3n) is 8.49. The molecule has 2 saturated carbocycles. The lowest BCUT2D eigenvalue weighted by Gasteiger charge is -2.26. The molecule has 0 aliphatic heterocycles. The van der Waals surface area contributed by atoms with Gasteiger partial charge in [-0.2, -0.15) is 0 Å². The second kappa shape index (κ2) is 21.4. The fraction of sp³-hybridized carbons (Fsp3) is 1.00. The number of ether oxygens (including phenoxy) is 3. The lowest BCUT2D eigenvalue weighted by Crippen LogP contribution is -2.36. The lowest BCUT2D eigenvalue weighted by atomic mass is 10.1. The van der Waals surface area contributed by atoms with Crippen LogP contribution >= 0.6 is 0 Å². The topological polar surface area (TPSA) is 132 Å². The predicted molar refractivity (Wildman–Crippen MR) is 152 cm³/mol.